The fourth-order valence-corrected chi connectivity index (χ4v) is 2.46. The van der Waals surface area contributed by atoms with Crippen LogP contribution in [0.4, 0.5) is 0 Å². The molecule has 6 heteroatoms. The number of benzene rings is 1. The summed E-state index contributed by atoms with van der Waals surface area (Å²) in [7, 11) is 0. The maximum Gasteiger partial charge on any atom is 0.225 e. The van der Waals surface area contributed by atoms with Crippen molar-refractivity contribution < 1.29 is 9.84 Å². The second-order valence-electron chi connectivity index (χ2n) is 4.86. The Morgan fingerprint density at radius 2 is 2.00 bits per heavy atom. The van der Waals surface area contributed by atoms with Gasteiger partial charge in [-0.3, -0.25) is 0 Å². The third-order valence-corrected chi connectivity index (χ3v) is 3.50. The van der Waals surface area contributed by atoms with Gasteiger partial charge in [0.05, 0.1) is 12.0 Å². The van der Waals surface area contributed by atoms with Crippen LogP contribution in [-0.4, -0.2) is 31.8 Å². The number of rotatable bonds is 2. The first-order valence-electron chi connectivity index (χ1n) is 6.80. The molecule has 1 aliphatic heterocycles. The Morgan fingerprint density at radius 3 is 2.82 bits per heavy atom. The number of nitrogens with zero attached hydrogens (tertiary/aromatic N) is 3. The number of H-pyrrole nitrogens is 1. The van der Waals surface area contributed by atoms with Crippen LogP contribution in [0.1, 0.15) is 5.69 Å². The van der Waals surface area contributed by atoms with E-state index in [2.05, 4.69) is 20.4 Å². The molecular weight excluding hydrogens is 280 g/mol. The van der Waals surface area contributed by atoms with Gasteiger partial charge in [-0.15, -0.1) is 5.10 Å². The van der Waals surface area contributed by atoms with Crippen LogP contribution >= 0.6 is 0 Å². The molecule has 6 nitrogen and oxygen atoms in total. The van der Waals surface area contributed by atoms with E-state index < -0.39 is 6.29 Å². The van der Waals surface area contributed by atoms with E-state index in [1.807, 2.05) is 36.4 Å². The smallest absolute Gasteiger partial charge is 0.225 e. The highest BCUT2D eigenvalue weighted by Gasteiger charge is 2.22. The van der Waals surface area contributed by atoms with Crippen LogP contribution in [0.25, 0.3) is 27.9 Å². The summed E-state index contributed by atoms with van der Waals surface area (Å²) < 4.78 is 5.15. The van der Waals surface area contributed by atoms with Gasteiger partial charge >= 0.3 is 0 Å². The first kappa shape index (κ1) is 12.7. The fourth-order valence-electron chi connectivity index (χ4n) is 2.46. The first-order chi connectivity index (χ1) is 10.8. The number of hydrogen-bond acceptors (Lipinski definition) is 5. The molecule has 0 spiro atoms. The Balaban J connectivity index is 1.99. The van der Waals surface area contributed by atoms with Crippen LogP contribution in [0.2, 0.25) is 0 Å². The van der Waals surface area contributed by atoms with Crippen molar-refractivity contribution in [3.05, 3.63) is 60.5 Å². The molecule has 0 radical (unpaired) electrons. The third kappa shape index (κ3) is 2.06. The molecule has 0 fully saturated rings. The van der Waals surface area contributed by atoms with Crippen molar-refractivity contribution in [3.8, 4) is 11.1 Å². The summed E-state index contributed by atoms with van der Waals surface area (Å²) in [5.74, 6) is 0. The van der Waals surface area contributed by atoms with E-state index in [0.717, 1.165) is 11.1 Å². The average Bonchev–Trinajstić information content (AvgIpc) is 3.02. The molecule has 0 saturated carbocycles. The van der Waals surface area contributed by atoms with E-state index in [1.54, 1.807) is 12.2 Å². The molecule has 1 atom stereocenters. The lowest BCUT2D eigenvalue weighted by atomic mass is 9.98. The third-order valence-electron chi connectivity index (χ3n) is 3.50. The maximum atomic E-state index is 10.1. The highest BCUT2D eigenvalue weighted by Crippen LogP contribution is 2.32. The minimum Gasteiger partial charge on any atom is -0.468 e. The lowest BCUT2D eigenvalue weighted by Gasteiger charge is -2.19. The predicted octanol–water partition coefficient (Wildman–Crippen LogP) is 2.27. The second-order valence-corrected chi connectivity index (χ2v) is 4.86. The number of aromatic amines is 1. The molecule has 0 bridgehead atoms. The largest absolute Gasteiger partial charge is 0.468 e. The van der Waals surface area contributed by atoms with Crippen molar-refractivity contribution in [1.82, 2.24) is 20.4 Å². The SMILES string of the molecule is OC1OC=CC=C1c1nc2n[nH]nc2cc1-c1ccccc1. The zero-order chi connectivity index (χ0) is 14.9. The molecule has 22 heavy (non-hydrogen) atoms. The molecule has 0 aliphatic carbocycles. The van der Waals surface area contributed by atoms with Crippen molar-refractivity contribution in [2.24, 2.45) is 0 Å². The van der Waals surface area contributed by atoms with Crippen LogP contribution < -0.4 is 0 Å². The van der Waals surface area contributed by atoms with Gasteiger partial charge in [0.15, 0.2) is 0 Å². The predicted molar refractivity (Wildman–Crippen MR) is 81.3 cm³/mol. The molecule has 3 aromatic rings. The van der Waals surface area contributed by atoms with Gasteiger partial charge in [0.2, 0.25) is 11.9 Å². The van der Waals surface area contributed by atoms with Gasteiger partial charge < -0.3 is 9.84 Å². The minimum atomic E-state index is -1.05. The summed E-state index contributed by atoms with van der Waals surface area (Å²) in [5.41, 5.74) is 4.24. The molecule has 0 saturated heterocycles. The van der Waals surface area contributed by atoms with E-state index in [-0.39, 0.29) is 0 Å². The van der Waals surface area contributed by atoms with Gasteiger partial charge in [-0.2, -0.15) is 10.3 Å². The minimum absolute atomic E-state index is 0.498. The quantitative estimate of drug-likeness (QED) is 0.757. The molecule has 1 unspecified atom stereocenters. The Hall–Kier alpha value is -2.99. The molecular formula is C16H12N4O2. The first-order valence-corrected chi connectivity index (χ1v) is 6.80. The molecule has 2 N–H and O–H groups in total. The number of fused-ring (bicyclic) bond motifs is 1. The number of hydrogen-bond donors (Lipinski definition) is 2. The lowest BCUT2D eigenvalue weighted by molar-refractivity contribution is -0.00465. The summed E-state index contributed by atoms with van der Waals surface area (Å²) in [6, 6.07) is 11.7. The number of aromatic nitrogens is 4. The topological polar surface area (TPSA) is 83.9 Å². The number of aliphatic hydroxyl groups is 1. The maximum absolute atomic E-state index is 10.1. The molecule has 4 rings (SSSR count). The van der Waals surface area contributed by atoms with Crippen molar-refractivity contribution in [3.63, 3.8) is 0 Å². The molecule has 1 aromatic carbocycles. The van der Waals surface area contributed by atoms with Crippen molar-refractivity contribution in [2.45, 2.75) is 6.29 Å². The van der Waals surface area contributed by atoms with E-state index >= 15 is 0 Å². The Morgan fingerprint density at radius 1 is 1.14 bits per heavy atom. The van der Waals surface area contributed by atoms with Crippen LogP contribution in [0.15, 0.2) is 54.8 Å². The summed E-state index contributed by atoms with van der Waals surface area (Å²) in [5, 5.41) is 20.8. The Labute approximate surface area is 125 Å². The zero-order valence-corrected chi connectivity index (χ0v) is 11.5. The van der Waals surface area contributed by atoms with Gasteiger partial charge in [-0.1, -0.05) is 30.3 Å². The van der Waals surface area contributed by atoms with Gasteiger partial charge in [-0.25, -0.2) is 4.98 Å². The average molecular weight is 292 g/mol. The molecule has 1 aliphatic rings. The summed E-state index contributed by atoms with van der Waals surface area (Å²) in [4.78, 5) is 4.54. The highest BCUT2D eigenvalue weighted by molar-refractivity contribution is 5.87. The Bertz CT molecular complexity index is 884. The Kier molecular flexibility index (Phi) is 2.94. The van der Waals surface area contributed by atoms with Crippen LogP contribution in [0, 0.1) is 0 Å². The van der Waals surface area contributed by atoms with Crippen molar-refractivity contribution in [1.29, 1.82) is 0 Å². The number of allylic oxidation sites excluding steroid dienone is 2. The van der Waals surface area contributed by atoms with Gasteiger partial charge in [0.25, 0.3) is 0 Å². The monoisotopic (exact) mass is 292 g/mol. The molecule has 0 amide bonds. The second kappa shape index (κ2) is 5.09. The highest BCUT2D eigenvalue weighted by atomic mass is 16.6. The number of pyridine rings is 1. The standard InChI is InChI=1S/C16H12N4O2/c21-16-11(7-4-8-22-16)14-12(10-5-2-1-3-6-10)9-13-15(17-14)19-20-18-13/h1-9,16,21H,(H,17,18,19,20). The fraction of sp³-hybridized carbons (Fsp3) is 0.0625. The van der Waals surface area contributed by atoms with Crippen molar-refractivity contribution in [2.75, 3.05) is 0 Å². The summed E-state index contributed by atoms with van der Waals surface area (Å²) >= 11 is 0. The number of nitrogens with one attached hydrogen (secondary N) is 1. The zero-order valence-electron chi connectivity index (χ0n) is 11.5. The van der Waals surface area contributed by atoms with Crippen LogP contribution in [-0.2, 0) is 4.74 Å². The van der Waals surface area contributed by atoms with Gasteiger partial charge in [-0.05, 0) is 23.8 Å². The molecule has 108 valence electrons. The summed E-state index contributed by atoms with van der Waals surface area (Å²) in [6.07, 6.45) is 3.91. The number of ether oxygens (including phenoxy) is 1. The van der Waals surface area contributed by atoms with E-state index in [9.17, 15) is 5.11 Å². The normalized spacial score (nSPS) is 17.3. The van der Waals surface area contributed by atoms with Crippen LogP contribution in [0.3, 0.4) is 0 Å². The van der Waals surface area contributed by atoms with Crippen molar-refractivity contribution >= 4 is 16.7 Å². The lowest BCUT2D eigenvalue weighted by Crippen LogP contribution is -2.15. The number of aliphatic hydroxyl groups excluding tert-OH is 1. The van der Waals surface area contributed by atoms with E-state index in [4.69, 9.17) is 4.74 Å². The van der Waals surface area contributed by atoms with E-state index in [1.165, 1.54) is 6.26 Å². The molecule has 2 aromatic heterocycles. The summed E-state index contributed by atoms with van der Waals surface area (Å²) in [6.45, 7) is 0. The van der Waals surface area contributed by atoms with E-state index in [0.29, 0.717) is 22.4 Å². The van der Waals surface area contributed by atoms with Gasteiger partial charge in [0, 0.05) is 11.1 Å². The molecule has 3 heterocycles. The van der Waals surface area contributed by atoms with Crippen LogP contribution in [0.5, 0.6) is 0 Å². The van der Waals surface area contributed by atoms with Gasteiger partial charge in [0.1, 0.15) is 5.52 Å².